The first-order valence-electron chi connectivity index (χ1n) is 20.3. The maximum atomic E-state index is 13.5. The van der Waals surface area contributed by atoms with Crippen LogP contribution in [0.2, 0.25) is 5.02 Å². The molecule has 302 valence electrons. The fraction of sp³-hybridized carbons (Fsp3) is 0.467. The van der Waals surface area contributed by atoms with Gasteiger partial charge < -0.3 is 15.0 Å². The number of hydrogen-bond acceptors (Lipinski definition) is 9. The molecule has 3 heterocycles. The van der Waals surface area contributed by atoms with E-state index in [9.17, 15) is 29.2 Å². The Kier molecular flexibility index (Phi) is 10.3. The van der Waals surface area contributed by atoms with Gasteiger partial charge in [-0.3, -0.25) is 39.1 Å². The van der Waals surface area contributed by atoms with Crippen molar-refractivity contribution in [2.45, 2.75) is 96.4 Å². The fourth-order valence-electron chi connectivity index (χ4n) is 10.5. The minimum atomic E-state index is -0.976. The molecule has 0 radical (unpaired) electrons. The lowest BCUT2D eigenvalue weighted by Crippen LogP contribution is -2.74. The standard InChI is InChI=1S/C45H49ClN6O6/c1-44(2)42(45(3,4)43(44)58-32-15-11-29(25-47)35(46)24-32)49-38(54)28-7-5-26(6-8-28)27-9-12-30(13-10-27)50-19-21-51(22-20-50)31-14-16-33-34(23-31)41(57)52(40(33)56)36-17-18-37(53)48-39(36)55/h5-8,11,14-16,23-24,27,30,36,42-43H,9-10,12-13,17-22H2,1-4H3,(H,49,54)(H,48,53,55)/t27?,30?,36?,42-,43-. The molecule has 2 aliphatic carbocycles. The van der Waals surface area contributed by atoms with Crippen LogP contribution in [0.25, 0.3) is 0 Å². The topological polar surface area (TPSA) is 152 Å². The summed E-state index contributed by atoms with van der Waals surface area (Å²) < 4.78 is 6.39. The first-order valence-corrected chi connectivity index (χ1v) is 20.7. The minimum Gasteiger partial charge on any atom is -0.489 e. The highest BCUT2D eigenvalue weighted by molar-refractivity contribution is 6.31. The zero-order chi connectivity index (χ0) is 41.1. The fourth-order valence-corrected chi connectivity index (χ4v) is 10.7. The summed E-state index contributed by atoms with van der Waals surface area (Å²) in [5.74, 6) is -1.04. The molecular formula is C45H49ClN6O6. The summed E-state index contributed by atoms with van der Waals surface area (Å²) in [5.41, 5.74) is 3.08. The molecule has 0 bridgehead atoms. The first-order chi connectivity index (χ1) is 27.7. The van der Waals surface area contributed by atoms with E-state index in [0.29, 0.717) is 45.0 Å². The van der Waals surface area contributed by atoms with Crippen LogP contribution >= 0.6 is 11.6 Å². The Morgan fingerprint density at radius 3 is 2.16 bits per heavy atom. The Labute approximate surface area is 343 Å². The third kappa shape index (κ3) is 7.02. The van der Waals surface area contributed by atoms with E-state index in [-0.39, 0.29) is 41.7 Å². The number of carbonyl (C=O) groups excluding carboxylic acids is 5. The van der Waals surface area contributed by atoms with Crippen molar-refractivity contribution < 1.29 is 28.7 Å². The predicted octanol–water partition coefficient (Wildman–Crippen LogP) is 6.07. The van der Waals surface area contributed by atoms with E-state index < -0.39 is 29.7 Å². The van der Waals surface area contributed by atoms with Gasteiger partial charge in [-0.05, 0) is 86.1 Å². The molecule has 12 nitrogen and oxygen atoms in total. The number of halogens is 1. The van der Waals surface area contributed by atoms with E-state index in [2.05, 4.69) is 66.3 Å². The van der Waals surface area contributed by atoms with E-state index in [1.165, 1.54) is 5.56 Å². The van der Waals surface area contributed by atoms with E-state index in [1.54, 1.807) is 30.3 Å². The zero-order valence-corrected chi connectivity index (χ0v) is 34.1. The summed E-state index contributed by atoms with van der Waals surface area (Å²) in [6, 6.07) is 20.0. The lowest BCUT2D eigenvalue weighted by atomic mass is 9.49. The van der Waals surface area contributed by atoms with Crippen LogP contribution in [0.15, 0.2) is 60.7 Å². The second-order valence-electron chi connectivity index (χ2n) is 17.6. The molecule has 1 unspecified atom stereocenters. The molecule has 0 spiro atoms. The van der Waals surface area contributed by atoms with Crippen molar-refractivity contribution in [3.05, 3.63) is 93.5 Å². The summed E-state index contributed by atoms with van der Waals surface area (Å²) in [7, 11) is 0. The molecule has 5 amide bonds. The highest BCUT2D eigenvalue weighted by atomic mass is 35.5. The van der Waals surface area contributed by atoms with Gasteiger partial charge in [-0.1, -0.05) is 51.4 Å². The lowest BCUT2D eigenvalue weighted by molar-refractivity contribution is -0.164. The van der Waals surface area contributed by atoms with Crippen molar-refractivity contribution in [1.29, 1.82) is 5.26 Å². The number of nitrogens with one attached hydrogen (secondary N) is 2. The number of imide groups is 2. The van der Waals surface area contributed by atoms with Crippen LogP contribution < -0.4 is 20.3 Å². The molecule has 3 aliphatic heterocycles. The van der Waals surface area contributed by atoms with Crippen molar-refractivity contribution in [3.63, 3.8) is 0 Å². The third-order valence-electron chi connectivity index (χ3n) is 13.4. The van der Waals surface area contributed by atoms with Crippen LogP contribution in [0.1, 0.15) is 114 Å². The first kappa shape index (κ1) is 39.6. The SMILES string of the molecule is CC1(C)[C@H](NC(=O)c2ccc(C3CCC(N4CCN(c5ccc6c(c5)C(=O)N(C5CCC(=O)NC5=O)C6=O)CC4)CC3)cc2)C(C)(C)[C@H]1Oc1ccc(C#N)c(Cl)c1. The van der Waals surface area contributed by atoms with E-state index in [1.807, 2.05) is 18.2 Å². The van der Waals surface area contributed by atoms with Crippen LogP contribution in [-0.4, -0.2) is 89.7 Å². The second-order valence-corrected chi connectivity index (χ2v) is 18.0. The summed E-state index contributed by atoms with van der Waals surface area (Å²) in [5, 5.41) is 15.1. The smallest absolute Gasteiger partial charge is 0.262 e. The summed E-state index contributed by atoms with van der Waals surface area (Å²) in [6.07, 6.45) is 4.41. The Morgan fingerprint density at radius 2 is 1.52 bits per heavy atom. The molecule has 2 saturated carbocycles. The van der Waals surface area contributed by atoms with Crippen LogP contribution in [-0.2, 0) is 9.59 Å². The number of nitrogens with zero attached hydrogens (tertiary/aromatic N) is 4. The highest BCUT2D eigenvalue weighted by Crippen LogP contribution is 2.55. The Bertz CT molecular complexity index is 2200. The van der Waals surface area contributed by atoms with Crippen LogP contribution in [0.4, 0.5) is 5.69 Å². The number of rotatable bonds is 8. The van der Waals surface area contributed by atoms with Crippen molar-refractivity contribution >= 4 is 46.8 Å². The molecule has 5 aliphatic rings. The average Bonchev–Trinajstić information content (AvgIpc) is 3.46. The van der Waals surface area contributed by atoms with Gasteiger partial charge in [0.1, 0.15) is 24.0 Å². The summed E-state index contributed by atoms with van der Waals surface area (Å²) in [4.78, 5) is 70.0. The average molecular weight is 805 g/mol. The number of fused-ring (bicyclic) bond motifs is 1. The normalized spacial score (nSPS) is 26.7. The summed E-state index contributed by atoms with van der Waals surface area (Å²) in [6.45, 7) is 11.8. The maximum absolute atomic E-state index is 13.5. The number of anilines is 1. The molecule has 4 fully saturated rings. The Hall–Kier alpha value is -5.25. The molecule has 1 atom stereocenters. The van der Waals surface area contributed by atoms with Gasteiger partial charge in [-0.15, -0.1) is 0 Å². The molecule has 3 aromatic carbocycles. The van der Waals surface area contributed by atoms with Gasteiger partial charge >= 0.3 is 0 Å². The van der Waals surface area contributed by atoms with Crippen molar-refractivity contribution in [1.82, 2.24) is 20.4 Å². The summed E-state index contributed by atoms with van der Waals surface area (Å²) >= 11 is 6.25. The highest BCUT2D eigenvalue weighted by Gasteiger charge is 2.64. The number of amides is 5. The van der Waals surface area contributed by atoms with Gasteiger partial charge in [0.15, 0.2) is 0 Å². The van der Waals surface area contributed by atoms with Crippen LogP contribution in [0.5, 0.6) is 5.75 Å². The molecule has 2 N–H and O–H groups in total. The number of piperazine rings is 1. The number of benzene rings is 3. The Morgan fingerprint density at radius 1 is 0.845 bits per heavy atom. The quantitative estimate of drug-likeness (QED) is 0.259. The van der Waals surface area contributed by atoms with Crippen molar-refractivity contribution in [2.75, 3.05) is 31.1 Å². The maximum Gasteiger partial charge on any atom is 0.262 e. The third-order valence-corrected chi connectivity index (χ3v) is 13.7. The number of nitriles is 1. The minimum absolute atomic E-state index is 0.0898. The monoisotopic (exact) mass is 804 g/mol. The number of hydrogen-bond donors (Lipinski definition) is 2. The molecule has 13 heteroatoms. The van der Waals surface area contributed by atoms with Gasteiger partial charge in [0.25, 0.3) is 17.7 Å². The van der Waals surface area contributed by atoms with E-state index in [0.717, 1.165) is 62.4 Å². The number of ether oxygens (including phenoxy) is 1. The Balaban J connectivity index is 0.811. The number of piperidine rings is 1. The van der Waals surface area contributed by atoms with Gasteiger partial charge in [0, 0.05) is 72.8 Å². The second kappa shape index (κ2) is 15.2. The zero-order valence-electron chi connectivity index (χ0n) is 33.3. The molecule has 0 aromatic heterocycles. The predicted molar refractivity (Wildman–Crippen MR) is 218 cm³/mol. The molecule has 58 heavy (non-hydrogen) atoms. The molecule has 2 saturated heterocycles. The molecule has 3 aromatic rings. The van der Waals surface area contributed by atoms with Gasteiger partial charge in [-0.2, -0.15) is 5.26 Å². The largest absolute Gasteiger partial charge is 0.489 e. The molecular weight excluding hydrogens is 756 g/mol. The van der Waals surface area contributed by atoms with Gasteiger partial charge in [0.2, 0.25) is 11.8 Å². The van der Waals surface area contributed by atoms with E-state index >= 15 is 0 Å². The molecule has 8 rings (SSSR count). The van der Waals surface area contributed by atoms with Gasteiger partial charge in [-0.25, -0.2) is 0 Å². The van der Waals surface area contributed by atoms with Crippen LogP contribution in [0.3, 0.4) is 0 Å². The van der Waals surface area contributed by atoms with Gasteiger partial charge in [0.05, 0.1) is 21.7 Å². The van der Waals surface area contributed by atoms with E-state index in [4.69, 9.17) is 16.3 Å². The van der Waals surface area contributed by atoms with Crippen LogP contribution in [0, 0.1) is 22.2 Å². The van der Waals surface area contributed by atoms with Crippen molar-refractivity contribution in [3.8, 4) is 11.8 Å². The van der Waals surface area contributed by atoms with Crippen molar-refractivity contribution in [2.24, 2.45) is 10.8 Å². The lowest BCUT2D eigenvalue weighted by Gasteiger charge is -2.63. The number of carbonyl (C=O) groups is 5.